The highest BCUT2D eigenvalue weighted by Gasteiger charge is 2.56. The summed E-state index contributed by atoms with van der Waals surface area (Å²) in [5.41, 5.74) is 0.247. The number of urea groups is 1. The van der Waals surface area contributed by atoms with Crippen molar-refractivity contribution in [3.8, 4) is 0 Å². The van der Waals surface area contributed by atoms with Gasteiger partial charge in [0.15, 0.2) is 0 Å². The zero-order valence-corrected chi connectivity index (χ0v) is 17.8. The lowest BCUT2D eigenvalue weighted by atomic mass is 9.81. The number of hydrogen-bond acceptors (Lipinski definition) is 3. The molecule has 0 aromatic heterocycles. The fourth-order valence-electron chi connectivity index (χ4n) is 4.88. The number of carbonyl (C=O) groups is 3. The minimum atomic E-state index is -0.748. The molecule has 2 aliphatic carbocycles. The summed E-state index contributed by atoms with van der Waals surface area (Å²) < 4.78 is 0. The molecule has 1 spiro atoms. The zero-order valence-electron chi connectivity index (χ0n) is 17.1. The molecule has 1 aromatic rings. The van der Waals surface area contributed by atoms with Crippen LogP contribution in [0.5, 0.6) is 0 Å². The summed E-state index contributed by atoms with van der Waals surface area (Å²) in [6.07, 6.45) is 6.24. The average Bonchev–Trinajstić information content (AvgIpc) is 3.54. The van der Waals surface area contributed by atoms with Crippen molar-refractivity contribution in [1.82, 2.24) is 14.7 Å². The molecule has 1 aromatic carbocycles. The predicted molar refractivity (Wildman–Crippen MR) is 110 cm³/mol. The number of benzene rings is 1. The molecule has 156 valence electrons. The standard InChI is InChI=1S/C22H28ClN3O3/c1-15(16-6-8-17(23)9-7-16)26(18-10-11-18)19(27)14-25-20(28)22(24(2)21(25)29)12-4-3-5-13-22/h6-9,15,18H,3-5,10-14H2,1-2H3. The van der Waals surface area contributed by atoms with Crippen LogP contribution in [0, 0.1) is 0 Å². The first-order valence-electron chi connectivity index (χ1n) is 10.5. The predicted octanol–water partition coefficient (Wildman–Crippen LogP) is 3.99. The van der Waals surface area contributed by atoms with E-state index in [-0.39, 0.29) is 36.5 Å². The van der Waals surface area contributed by atoms with Crippen molar-refractivity contribution in [2.24, 2.45) is 0 Å². The lowest BCUT2D eigenvalue weighted by molar-refractivity contribution is -0.141. The van der Waals surface area contributed by atoms with E-state index < -0.39 is 5.54 Å². The van der Waals surface area contributed by atoms with Gasteiger partial charge in [-0.25, -0.2) is 4.79 Å². The van der Waals surface area contributed by atoms with Crippen molar-refractivity contribution in [1.29, 1.82) is 0 Å². The van der Waals surface area contributed by atoms with E-state index in [1.165, 1.54) is 4.90 Å². The maximum atomic E-state index is 13.3. The molecule has 0 N–H and O–H groups in total. The van der Waals surface area contributed by atoms with Gasteiger partial charge in [0.05, 0.1) is 6.04 Å². The maximum absolute atomic E-state index is 13.3. The van der Waals surface area contributed by atoms with Crippen LogP contribution in [0.25, 0.3) is 0 Å². The Hall–Kier alpha value is -2.08. The summed E-state index contributed by atoms with van der Waals surface area (Å²) in [6, 6.07) is 7.17. The van der Waals surface area contributed by atoms with Crippen LogP contribution < -0.4 is 0 Å². The Morgan fingerprint density at radius 2 is 1.79 bits per heavy atom. The molecule has 29 heavy (non-hydrogen) atoms. The van der Waals surface area contributed by atoms with Gasteiger partial charge in [-0.1, -0.05) is 43.0 Å². The van der Waals surface area contributed by atoms with E-state index in [1.54, 1.807) is 11.9 Å². The summed E-state index contributed by atoms with van der Waals surface area (Å²) in [6.45, 7) is 1.81. The van der Waals surface area contributed by atoms with E-state index in [9.17, 15) is 14.4 Å². The smallest absolute Gasteiger partial charge is 0.327 e. The van der Waals surface area contributed by atoms with Crippen LogP contribution in [-0.2, 0) is 9.59 Å². The summed E-state index contributed by atoms with van der Waals surface area (Å²) in [5, 5.41) is 0.652. The highest BCUT2D eigenvalue weighted by Crippen LogP contribution is 2.40. The Morgan fingerprint density at radius 3 is 2.38 bits per heavy atom. The molecular weight excluding hydrogens is 390 g/mol. The van der Waals surface area contributed by atoms with Crippen LogP contribution in [0.15, 0.2) is 24.3 Å². The Kier molecular flexibility index (Phi) is 5.32. The summed E-state index contributed by atoms with van der Waals surface area (Å²) in [7, 11) is 1.70. The van der Waals surface area contributed by atoms with Crippen LogP contribution in [0.3, 0.4) is 0 Å². The van der Waals surface area contributed by atoms with Gasteiger partial charge in [-0.3, -0.25) is 14.5 Å². The highest BCUT2D eigenvalue weighted by atomic mass is 35.5. The molecule has 0 radical (unpaired) electrons. The van der Waals surface area contributed by atoms with Crippen molar-refractivity contribution in [3.63, 3.8) is 0 Å². The minimum absolute atomic E-state index is 0.138. The average molecular weight is 418 g/mol. The van der Waals surface area contributed by atoms with Gasteiger partial charge in [0.2, 0.25) is 5.91 Å². The fraction of sp³-hybridized carbons (Fsp3) is 0.591. The molecule has 1 saturated heterocycles. The monoisotopic (exact) mass is 417 g/mol. The van der Waals surface area contributed by atoms with Crippen molar-refractivity contribution < 1.29 is 14.4 Å². The number of hydrogen-bond donors (Lipinski definition) is 0. The molecule has 7 heteroatoms. The molecular formula is C22H28ClN3O3. The second kappa shape index (κ2) is 7.63. The first-order valence-corrected chi connectivity index (χ1v) is 10.9. The second-order valence-corrected chi connectivity index (χ2v) is 9.02. The molecule has 1 aliphatic heterocycles. The van der Waals surface area contributed by atoms with Gasteiger partial charge >= 0.3 is 6.03 Å². The largest absolute Gasteiger partial charge is 0.331 e. The van der Waals surface area contributed by atoms with Gasteiger partial charge in [-0.2, -0.15) is 0 Å². The Balaban J connectivity index is 1.53. The lowest BCUT2D eigenvalue weighted by Crippen LogP contribution is -2.50. The normalized spacial score (nSPS) is 22.3. The number of imide groups is 1. The van der Waals surface area contributed by atoms with E-state index in [1.807, 2.05) is 36.1 Å². The van der Waals surface area contributed by atoms with Gasteiger partial charge in [0, 0.05) is 18.1 Å². The van der Waals surface area contributed by atoms with E-state index in [4.69, 9.17) is 11.6 Å². The minimum Gasteiger partial charge on any atom is -0.331 e. The van der Waals surface area contributed by atoms with Crippen molar-refractivity contribution >= 4 is 29.4 Å². The molecule has 1 unspecified atom stereocenters. The van der Waals surface area contributed by atoms with Crippen LogP contribution in [0.1, 0.15) is 63.5 Å². The molecule has 1 atom stereocenters. The lowest BCUT2D eigenvalue weighted by Gasteiger charge is -2.36. The first kappa shape index (κ1) is 20.2. The quantitative estimate of drug-likeness (QED) is 0.680. The maximum Gasteiger partial charge on any atom is 0.327 e. The van der Waals surface area contributed by atoms with Crippen LogP contribution in [0.4, 0.5) is 4.79 Å². The first-order chi connectivity index (χ1) is 13.8. The molecule has 0 bridgehead atoms. The topological polar surface area (TPSA) is 60.9 Å². The molecule has 4 amide bonds. The van der Waals surface area contributed by atoms with Gasteiger partial charge in [0.25, 0.3) is 5.91 Å². The zero-order chi connectivity index (χ0) is 20.8. The van der Waals surface area contributed by atoms with E-state index in [0.29, 0.717) is 17.9 Å². The SMILES string of the molecule is CC(c1ccc(Cl)cc1)N(C(=O)CN1C(=O)N(C)C2(CCCCC2)C1=O)C1CC1. The summed E-state index contributed by atoms with van der Waals surface area (Å²) in [5.74, 6) is -0.370. The van der Waals surface area contributed by atoms with Crippen molar-refractivity contribution in [2.45, 2.75) is 69.5 Å². The van der Waals surface area contributed by atoms with Crippen LogP contribution in [-0.4, -0.2) is 57.7 Å². The number of halogens is 1. The third-order valence-corrected chi connectivity index (χ3v) is 7.03. The molecule has 6 nitrogen and oxygen atoms in total. The third kappa shape index (κ3) is 3.52. The summed E-state index contributed by atoms with van der Waals surface area (Å²) in [4.78, 5) is 43.9. The number of likely N-dealkylation sites (N-methyl/N-ethyl adjacent to an activating group) is 1. The molecule has 2 saturated carbocycles. The van der Waals surface area contributed by atoms with Gasteiger partial charge < -0.3 is 9.80 Å². The summed E-state index contributed by atoms with van der Waals surface area (Å²) >= 11 is 6.00. The fourth-order valence-corrected chi connectivity index (χ4v) is 5.00. The van der Waals surface area contributed by atoms with Crippen LogP contribution in [0.2, 0.25) is 5.02 Å². The number of nitrogens with zero attached hydrogens (tertiary/aromatic N) is 3. The number of rotatable bonds is 5. The van der Waals surface area contributed by atoms with Gasteiger partial charge in [0.1, 0.15) is 12.1 Å². The molecule has 1 heterocycles. The van der Waals surface area contributed by atoms with E-state index >= 15 is 0 Å². The number of amides is 4. The molecule has 4 rings (SSSR count). The van der Waals surface area contributed by atoms with E-state index in [0.717, 1.165) is 37.7 Å². The van der Waals surface area contributed by atoms with Crippen LogP contribution >= 0.6 is 11.6 Å². The Bertz CT molecular complexity index is 815. The Labute approximate surface area is 176 Å². The Morgan fingerprint density at radius 1 is 1.17 bits per heavy atom. The van der Waals surface area contributed by atoms with Crippen molar-refractivity contribution in [2.75, 3.05) is 13.6 Å². The van der Waals surface area contributed by atoms with Gasteiger partial charge in [-0.15, -0.1) is 0 Å². The van der Waals surface area contributed by atoms with E-state index in [2.05, 4.69) is 0 Å². The molecule has 3 aliphatic rings. The highest BCUT2D eigenvalue weighted by molar-refractivity contribution is 6.30. The second-order valence-electron chi connectivity index (χ2n) is 8.58. The number of carbonyl (C=O) groups excluding carboxylic acids is 3. The molecule has 3 fully saturated rings. The van der Waals surface area contributed by atoms with Crippen molar-refractivity contribution in [3.05, 3.63) is 34.9 Å². The third-order valence-electron chi connectivity index (χ3n) is 6.78. The van der Waals surface area contributed by atoms with Gasteiger partial charge in [-0.05, 0) is 50.3 Å².